The highest BCUT2D eigenvalue weighted by Gasteiger charge is 2.34. The van der Waals surface area contributed by atoms with Crippen LogP contribution in [0, 0.1) is 0 Å². The maximum atomic E-state index is 11.3. The number of hydrogen-bond acceptors (Lipinski definition) is 4. The standard InChI is InChI=1S/C13H18N2O5/c1-13(11(16)17,15-12(14)18)7-8-4-5-9(19-2)10(6-8)20-3/h4-6H,7H2,1-3H3,(H,16,17)(H3,14,15,18)/t13-/m0/s1. The van der Waals surface area contributed by atoms with E-state index in [-0.39, 0.29) is 6.42 Å². The average molecular weight is 282 g/mol. The summed E-state index contributed by atoms with van der Waals surface area (Å²) in [5.74, 6) is -0.154. The Labute approximate surface area is 116 Å². The van der Waals surface area contributed by atoms with E-state index in [9.17, 15) is 14.7 Å². The molecule has 1 rings (SSSR count). The highest BCUT2D eigenvalue weighted by molar-refractivity contribution is 5.85. The molecule has 0 unspecified atom stereocenters. The predicted octanol–water partition coefficient (Wildman–Crippen LogP) is 0.758. The van der Waals surface area contributed by atoms with E-state index in [1.165, 1.54) is 21.1 Å². The first-order valence-corrected chi connectivity index (χ1v) is 5.84. The number of nitrogens with one attached hydrogen (secondary N) is 1. The Balaban J connectivity index is 3.06. The minimum atomic E-state index is -1.49. The summed E-state index contributed by atoms with van der Waals surface area (Å²) in [6.07, 6.45) is 0.0611. The van der Waals surface area contributed by atoms with Gasteiger partial charge in [0.15, 0.2) is 11.5 Å². The summed E-state index contributed by atoms with van der Waals surface area (Å²) in [5.41, 5.74) is 4.19. The number of nitrogens with two attached hydrogens (primary N) is 1. The third-order valence-electron chi connectivity index (χ3n) is 2.88. The lowest BCUT2D eigenvalue weighted by Gasteiger charge is -2.25. The summed E-state index contributed by atoms with van der Waals surface area (Å²) in [7, 11) is 2.99. The number of aliphatic carboxylic acids is 1. The molecule has 110 valence electrons. The predicted molar refractivity (Wildman–Crippen MR) is 72.0 cm³/mol. The van der Waals surface area contributed by atoms with Gasteiger partial charge in [0.25, 0.3) is 0 Å². The third-order valence-corrected chi connectivity index (χ3v) is 2.88. The topological polar surface area (TPSA) is 111 Å². The van der Waals surface area contributed by atoms with Gasteiger partial charge in [0, 0.05) is 6.42 Å². The number of amides is 2. The second-order valence-electron chi connectivity index (χ2n) is 4.49. The van der Waals surface area contributed by atoms with Crippen LogP contribution in [0.2, 0.25) is 0 Å². The molecule has 1 aromatic carbocycles. The van der Waals surface area contributed by atoms with Gasteiger partial charge < -0.3 is 25.6 Å². The number of ether oxygens (including phenoxy) is 2. The van der Waals surface area contributed by atoms with Crippen LogP contribution in [-0.4, -0.2) is 36.9 Å². The van der Waals surface area contributed by atoms with Gasteiger partial charge in [-0.1, -0.05) is 6.07 Å². The Morgan fingerprint density at radius 2 is 1.90 bits per heavy atom. The molecule has 7 nitrogen and oxygen atoms in total. The van der Waals surface area contributed by atoms with Crippen molar-refractivity contribution in [1.82, 2.24) is 5.32 Å². The maximum absolute atomic E-state index is 11.3. The molecule has 0 aliphatic carbocycles. The second kappa shape index (κ2) is 6.14. The number of benzene rings is 1. The fourth-order valence-corrected chi connectivity index (χ4v) is 1.84. The normalized spacial score (nSPS) is 13.2. The summed E-state index contributed by atoms with van der Waals surface area (Å²) in [4.78, 5) is 22.2. The van der Waals surface area contributed by atoms with E-state index >= 15 is 0 Å². The molecule has 4 N–H and O–H groups in total. The molecule has 0 saturated heterocycles. The SMILES string of the molecule is COc1ccc(C[C@](C)(NC(N)=O)C(=O)O)cc1OC. The number of carboxylic acid groups (broad SMARTS) is 1. The zero-order chi connectivity index (χ0) is 15.3. The van der Waals surface area contributed by atoms with Crippen LogP contribution in [0.3, 0.4) is 0 Å². The highest BCUT2D eigenvalue weighted by atomic mass is 16.5. The summed E-state index contributed by atoms with van der Waals surface area (Å²) in [5, 5.41) is 11.5. The number of methoxy groups -OCH3 is 2. The third kappa shape index (κ3) is 3.53. The second-order valence-corrected chi connectivity index (χ2v) is 4.49. The van der Waals surface area contributed by atoms with Gasteiger partial charge in [-0.25, -0.2) is 9.59 Å². The van der Waals surface area contributed by atoms with Crippen LogP contribution in [-0.2, 0) is 11.2 Å². The van der Waals surface area contributed by atoms with Crippen LogP contribution >= 0.6 is 0 Å². The minimum Gasteiger partial charge on any atom is -0.493 e. The van der Waals surface area contributed by atoms with Crippen molar-refractivity contribution < 1.29 is 24.2 Å². The van der Waals surface area contributed by atoms with Crippen molar-refractivity contribution in [3.8, 4) is 11.5 Å². The molecule has 0 fully saturated rings. The van der Waals surface area contributed by atoms with Crippen molar-refractivity contribution in [2.24, 2.45) is 5.73 Å². The van der Waals surface area contributed by atoms with Crippen molar-refractivity contribution in [2.75, 3.05) is 14.2 Å². The molecule has 0 heterocycles. The molecule has 0 aliphatic heterocycles. The molecule has 0 spiro atoms. The lowest BCUT2D eigenvalue weighted by atomic mass is 9.92. The van der Waals surface area contributed by atoms with E-state index in [1.54, 1.807) is 18.2 Å². The molecule has 0 bridgehead atoms. The van der Waals surface area contributed by atoms with Gasteiger partial charge in [-0.2, -0.15) is 0 Å². The lowest BCUT2D eigenvalue weighted by molar-refractivity contribution is -0.143. The number of urea groups is 1. The Bertz CT molecular complexity index is 517. The van der Waals surface area contributed by atoms with Crippen LogP contribution in [0.4, 0.5) is 4.79 Å². The Morgan fingerprint density at radius 3 is 2.35 bits per heavy atom. The van der Waals surface area contributed by atoms with E-state index < -0.39 is 17.5 Å². The van der Waals surface area contributed by atoms with Gasteiger partial charge in [-0.05, 0) is 24.6 Å². The summed E-state index contributed by atoms with van der Waals surface area (Å²) < 4.78 is 10.3. The number of primary amides is 1. The molecule has 20 heavy (non-hydrogen) atoms. The zero-order valence-corrected chi connectivity index (χ0v) is 11.6. The molecule has 7 heteroatoms. The molecule has 0 radical (unpaired) electrons. The van der Waals surface area contributed by atoms with E-state index in [0.29, 0.717) is 17.1 Å². The highest BCUT2D eigenvalue weighted by Crippen LogP contribution is 2.29. The molecular formula is C13H18N2O5. The van der Waals surface area contributed by atoms with Crippen molar-refractivity contribution in [3.63, 3.8) is 0 Å². The van der Waals surface area contributed by atoms with Crippen LogP contribution in [0.15, 0.2) is 18.2 Å². The summed E-state index contributed by atoms with van der Waals surface area (Å²) in [6.45, 7) is 1.39. The quantitative estimate of drug-likeness (QED) is 0.713. The Kier molecular flexibility index (Phi) is 4.79. The van der Waals surface area contributed by atoms with E-state index in [1.807, 2.05) is 0 Å². The first kappa shape index (κ1) is 15.6. The number of carbonyl (C=O) groups is 2. The maximum Gasteiger partial charge on any atom is 0.329 e. The fraction of sp³-hybridized carbons (Fsp3) is 0.385. The molecule has 0 aromatic heterocycles. The fourth-order valence-electron chi connectivity index (χ4n) is 1.84. The van der Waals surface area contributed by atoms with Crippen molar-refractivity contribution >= 4 is 12.0 Å². The van der Waals surface area contributed by atoms with Crippen molar-refractivity contribution in [3.05, 3.63) is 23.8 Å². The lowest BCUT2D eigenvalue weighted by Crippen LogP contribution is -2.55. The van der Waals surface area contributed by atoms with Gasteiger partial charge in [0.2, 0.25) is 0 Å². The van der Waals surface area contributed by atoms with Gasteiger partial charge in [-0.3, -0.25) is 0 Å². The van der Waals surface area contributed by atoms with Crippen LogP contribution in [0.5, 0.6) is 11.5 Å². The molecule has 0 saturated carbocycles. The summed E-state index contributed by atoms with van der Waals surface area (Å²) >= 11 is 0. The van der Waals surface area contributed by atoms with E-state index in [0.717, 1.165) is 0 Å². The molecule has 1 atom stereocenters. The number of carboxylic acids is 1. The van der Waals surface area contributed by atoms with E-state index in [4.69, 9.17) is 15.2 Å². The van der Waals surface area contributed by atoms with Gasteiger partial charge in [-0.15, -0.1) is 0 Å². The average Bonchev–Trinajstić information content (AvgIpc) is 2.37. The number of rotatable bonds is 6. The zero-order valence-electron chi connectivity index (χ0n) is 11.6. The van der Waals surface area contributed by atoms with Crippen LogP contribution in [0.1, 0.15) is 12.5 Å². The number of carbonyl (C=O) groups excluding carboxylic acids is 1. The smallest absolute Gasteiger partial charge is 0.329 e. The monoisotopic (exact) mass is 282 g/mol. The molecular weight excluding hydrogens is 264 g/mol. The minimum absolute atomic E-state index is 0.0611. The summed E-state index contributed by atoms with van der Waals surface area (Å²) in [6, 6.07) is 4.13. The largest absolute Gasteiger partial charge is 0.493 e. The Hall–Kier alpha value is -2.44. The first-order valence-electron chi connectivity index (χ1n) is 5.84. The Morgan fingerprint density at radius 1 is 1.30 bits per heavy atom. The first-order chi connectivity index (χ1) is 9.32. The molecule has 1 aromatic rings. The molecule has 2 amide bonds. The van der Waals surface area contributed by atoms with Crippen LogP contribution in [0.25, 0.3) is 0 Å². The van der Waals surface area contributed by atoms with Gasteiger partial charge in [0.05, 0.1) is 14.2 Å². The molecule has 0 aliphatic rings. The van der Waals surface area contributed by atoms with Crippen LogP contribution < -0.4 is 20.5 Å². The van der Waals surface area contributed by atoms with Crippen molar-refractivity contribution in [2.45, 2.75) is 18.9 Å². The van der Waals surface area contributed by atoms with E-state index in [2.05, 4.69) is 5.32 Å². The van der Waals surface area contributed by atoms with Gasteiger partial charge in [0.1, 0.15) is 5.54 Å². The van der Waals surface area contributed by atoms with Crippen molar-refractivity contribution in [1.29, 1.82) is 0 Å². The number of hydrogen-bond donors (Lipinski definition) is 3. The van der Waals surface area contributed by atoms with Gasteiger partial charge >= 0.3 is 12.0 Å².